The van der Waals surface area contributed by atoms with Gasteiger partial charge in [0.05, 0.1) is 13.7 Å². The molecule has 116 valence electrons. The first-order chi connectivity index (χ1) is 9.92. The summed E-state index contributed by atoms with van der Waals surface area (Å²) in [4.78, 5) is 23.0. The van der Waals surface area contributed by atoms with Crippen molar-refractivity contribution in [1.82, 2.24) is 10.6 Å². The van der Waals surface area contributed by atoms with Gasteiger partial charge in [0.15, 0.2) is 11.6 Å². The quantitative estimate of drug-likeness (QED) is 0.799. The predicted octanol–water partition coefficient (Wildman–Crippen LogP) is 1.41. The van der Waals surface area contributed by atoms with E-state index >= 15 is 0 Å². The van der Waals surface area contributed by atoms with Gasteiger partial charge in [-0.05, 0) is 38.0 Å². The molecule has 0 saturated heterocycles. The Hall–Kier alpha value is -2.11. The molecular formula is C15H21FN2O3. The van der Waals surface area contributed by atoms with Crippen molar-refractivity contribution in [2.24, 2.45) is 0 Å². The van der Waals surface area contributed by atoms with Gasteiger partial charge in [-0.25, -0.2) is 4.39 Å². The lowest BCUT2D eigenvalue weighted by Gasteiger charge is -2.09. The second-order valence-electron chi connectivity index (χ2n) is 4.97. The van der Waals surface area contributed by atoms with Crippen molar-refractivity contribution in [3.63, 3.8) is 0 Å². The highest BCUT2D eigenvalue weighted by molar-refractivity contribution is 5.84. The molecular weight excluding hydrogens is 275 g/mol. The van der Waals surface area contributed by atoms with Crippen molar-refractivity contribution < 1.29 is 18.7 Å². The fourth-order valence-corrected chi connectivity index (χ4v) is 1.76. The van der Waals surface area contributed by atoms with Crippen LogP contribution in [-0.4, -0.2) is 31.5 Å². The maximum atomic E-state index is 13.5. The summed E-state index contributed by atoms with van der Waals surface area (Å²) in [6, 6.07) is 4.62. The molecule has 2 N–H and O–H groups in total. The van der Waals surface area contributed by atoms with Crippen LogP contribution in [0.5, 0.6) is 5.75 Å². The molecule has 0 spiro atoms. The van der Waals surface area contributed by atoms with E-state index in [9.17, 15) is 14.0 Å². The molecule has 1 aromatic rings. The van der Waals surface area contributed by atoms with Crippen molar-refractivity contribution in [2.75, 3.05) is 13.7 Å². The minimum absolute atomic E-state index is 0.0386. The molecule has 6 heteroatoms. The van der Waals surface area contributed by atoms with E-state index in [1.54, 1.807) is 6.07 Å². The normalized spacial score (nSPS) is 10.3. The summed E-state index contributed by atoms with van der Waals surface area (Å²) in [5, 5.41) is 5.20. The van der Waals surface area contributed by atoms with Gasteiger partial charge in [0.25, 0.3) is 0 Å². The van der Waals surface area contributed by atoms with Crippen LogP contribution in [0, 0.1) is 5.82 Å². The molecule has 0 heterocycles. The molecule has 0 saturated carbocycles. The number of carbonyl (C=O) groups excluding carboxylic acids is 2. The third-order valence-electron chi connectivity index (χ3n) is 2.75. The summed E-state index contributed by atoms with van der Waals surface area (Å²) in [5.41, 5.74) is 0.704. The topological polar surface area (TPSA) is 67.4 Å². The number of hydrogen-bond donors (Lipinski definition) is 2. The maximum absolute atomic E-state index is 13.5. The minimum atomic E-state index is -0.452. The van der Waals surface area contributed by atoms with E-state index in [2.05, 4.69) is 10.6 Å². The highest BCUT2D eigenvalue weighted by Crippen LogP contribution is 2.18. The van der Waals surface area contributed by atoms with Gasteiger partial charge >= 0.3 is 0 Å². The van der Waals surface area contributed by atoms with Crippen LogP contribution in [0.1, 0.15) is 25.8 Å². The third-order valence-corrected chi connectivity index (χ3v) is 2.75. The maximum Gasteiger partial charge on any atom is 0.239 e. The smallest absolute Gasteiger partial charge is 0.239 e. The number of amides is 2. The molecule has 0 radical (unpaired) electrons. The van der Waals surface area contributed by atoms with E-state index in [-0.39, 0.29) is 36.6 Å². The first-order valence-corrected chi connectivity index (χ1v) is 6.81. The molecule has 1 rings (SSSR count). The van der Waals surface area contributed by atoms with Crippen molar-refractivity contribution in [1.29, 1.82) is 0 Å². The van der Waals surface area contributed by atoms with Crippen LogP contribution >= 0.6 is 0 Å². The Labute approximate surface area is 123 Å². The summed E-state index contributed by atoms with van der Waals surface area (Å²) in [7, 11) is 1.40. The highest BCUT2D eigenvalue weighted by atomic mass is 19.1. The lowest BCUT2D eigenvalue weighted by Crippen LogP contribution is -2.39. The molecule has 5 nitrogen and oxygen atoms in total. The number of ether oxygens (including phenoxy) is 1. The number of methoxy groups -OCH3 is 1. The zero-order valence-corrected chi connectivity index (χ0v) is 12.5. The average Bonchev–Trinajstić information content (AvgIpc) is 2.42. The Morgan fingerprint density at radius 1 is 1.29 bits per heavy atom. The predicted molar refractivity (Wildman–Crippen MR) is 77.6 cm³/mol. The summed E-state index contributed by atoms with van der Waals surface area (Å²) in [6.07, 6.45) is 0.597. The van der Waals surface area contributed by atoms with E-state index in [1.165, 1.54) is 19.2 Å². The fraction of sp³-hybridized carbons (Fsp3) is 0.467. The van der Waals surface area contributed by atoms with Crippen LogP contribution in [0.4, 0.5) is 4.39 Å². The monoisotopic (exact) mass is 296 g/mol. The van der Waals surface area contributed by atoms with E-state index in [1.807, 2.05) is 13.8 Å². The first-order valence-electron chi connectivity index (χ1n) is 6.81. The fourth-order valence-electron chi connectivity index (χ4n) is 1.76. The molecule has 1 aromatic carbocycles. The van der Waals surface area contributed by atoms with Gasteiger partial charge < -0.3 is 15.4 Å². The Bertz CT molecular complexity index is 504. The van der Waals surface area contributed by atoms with Crippen LogP contribution < -0.4 is 15.4 Å². The van der Waals surface area contributed by atoms with Crippen LogP contribution in [0.2, 0.25) is 0 Å². The number of aryl methyl sites for hydroxylation is 1. The number of halogens is 1. The molecule has 21 heavy (non-hydrogen) atoms. The Morgan fingerprint density at radius 2 is 2.00 bits per heavy atom. The number of benzene rings is 1. The highest BCUT2D eigenvalue weighted by Gasteiger charge is 2.08. The zero-order valence-electron chi connectivity index (χ0n) is 12.5. The van der Waals surface area contributed by atoms with Crippen LogP contribution in [-0.2, 0) is 16.0 Å². The summed E-state index contributed by atoms with van der Waals surface area (Å²) in [6.45, 7) is 3.64. The molecule has 0 atom stereocenters. The molecule has 2 amide bonds. The van der Waals surface area contributed by atoms with Gasteiger partial charge in [0.1, 0.15) is 0 Å². The minimum Gasteiger partial charge on any atom is -0.494 e. The first kappa shape index (κ1) is 16.9. The van der Waals surface area contributed by atoms with E-state index in [0.717, 1.165) is 0 Å². The van der Waals surface area contributed by atoms with Gasteiger partial charge in [-0.1, -0.05) is 6.07 Å². The van der Waals surface area contributed by atoms with Gasteiger partial charge in [-0.2, -0.15) is 0 Å². The molecule has 0 fully saturated rings. The molecule has 0 aliphatic carbocycles. The standard InChI is InChI=1S/C15H21FN2O3/c1-10(2)18-15(20)9-17-14(19)7-5-11-4-6-13(21-3)12(16)8-11/h4,6,8,10H,5,7,9H2,1-3H3,(H,17,19)(H,18,20). The summed E-state index contributed by atoms with van der Waals surface area (Å²) < 4.78 is 18.3. The van der Waals surface area contributed by atoms with Gasteiger partial charge in [-0.3, -0.25) is 9.59 Å². The molecule has 0 aliphatic rings. The number of rotatable bonds is 7. The second-order valence-corrected chi connectivity index (χ2v) is 4.97. The molecule has 0 bridgehead atoms. The lowest BCUT2D eigenvalue weighted by molar-refractivity contribution is -0.126. The SMILES string of the molecule is COc1ccc(CCC(=O)NCC(=O)NC(C)C)cc1F. The average molecular weight is 296 g/mol. The van der Waals surface area contributed by atoms with Crippen LogP contribution in [0.25, 0.3) is 0 Å². The number of hydrogen-bond acceptors (Lipinski definition) is 3. The largest absolute Gasteiger partial charge is 0.494 e. The van der Waals surface area contributed by atoms with Crippen LogP contribution in [0.15, 0.2) is 18.2 Å². The Kier molecular flexibility index (Phi) is 6.65. The lowest BCUT2D eigenvalue weighted by atomic mass is 10.1. The summed E-state index contributed by atoms with van der Waals surface area (Å²) in [5.74, 6) is -0.751. The third kappa shape index (κ3) is 6.25. The van der Waals surface area contributed by atoms with Crippen molar-refractivity contribution in [3.05, 3.63) is 29.6 Å². The molecule has 0 unspecified atom stereocenters. The Balaban J connectivity index is 2.36. The van der Waals surface area contributed by atoms with Crippen molar-refractivity contribution >= 4 is 11.8 Å². The number of carbonyl (C=O) groups is 2. The van der Waals surface area contributed by atoms with Crippen LogP contribution in [0.3, 0.4) is 0 Å². The number of nitrogens with one attached hydrogen (secondary N) is 2. The van der Waals surface area contributed by atoms with E-state index in [4.69, 9.17) is 4.74 Å². The summed E-state index contributed by atoms with van der Waals surface area (Å²) >= 11 is 0. The van der Waals surface area contributed by atoms with Gasteiger partial charge in [0, 0.05) is 12.5 Å². The second kappa shape index (κ2) is 8.24. The van der Waals surface area contributed by atoms with Crippen molar-refractivity contribution in [2.45, 2.75) is 32.7 Å². The van der Waals surface area contributed by atoms with E-state index < -0.39 is 5.82 Å². The van der Waals surface area contributed by atoms with Gasteiger partial charge in [0.2, 0.25) is 11.8 Å². The Morgan fingerprint density at radius 3 is 2.57 bits per heavy atom. The molecule has 0 aliphatic heterocycles. The van der Waals surface area contributed by atoms with Crippen molar-refractivity contribution in [3.8, 4) is 5.75 Å². The molecule has 0 aromatic heterocycles. The van der Waals surface area contributed by atoms with Gasteiger partial charge in [-0.15, -0.1) is 0 Å². The van der Waals surface area contributed by atoms with E-state index in [0.29, 0.717) is 12.0 Å². The zero-order chi connectivity index (χ0) is 15.8.